The maximum atomic E-state index is 12.8. The zero-order chi connectivity index (χ0) is 12.0. The average molecular weight is 225 g/mol. The van der Waals surface area contributed by atoms with Gasteiger partial charge < -0.3 is 10.4 Å². The SMILES string of the molecule is CC(O)CCC(=O)NCc1cccc(F)c1. The summed E-state index contributed by atoms with van der Waals surface area (Å²) < 4.78 is 12.8. The summed E-state index contributed by atoms with van der Waals surface area (Å²) in [5.74, 6) is -0.444. The van der Waals surface area contributed by atoms with Gasteiger partial charge in [0.1, 0.15) is 5.82 Å². The molecule has 3 nitrogen and oxygen atoms in total. The monoisotopic (exact) mass is 225 g/mol. The number of aliphatic hydroxyl groups is 1. The third-order valence-electron chi connectivity index (χ3n) is 2.17. The summed E-state index contributed by atoms with van der Waals surface area (Å²) in [6.45, 7) is 1.95. The molecule has 1 aromatic carbocycles. The molecule has 4 heteroatoms. The number of benzene rings is 1. The molecular weight excluding hydrogens is 209 g/mol. The summed E-state index contributed by atoms with van der Waals surface area (Å²) in [4.78, 5) is 11.3. The Balaban J connectivity index is 2.31. The Bertz CT molecular complexity index is 353. The van der Waals surface area contributed by atoms with Gasteiger partial charge in [-0.05, 0) is 31.0 Å². The Kier molecular flexibility index (Phi) is 4.92. The van der Waals surface area contributed by atoms with Crippen LogP contribution in [0.25, 0.3) is 0 Å². The van der Waals surface area contributed by atoms with Crippen LogP contribution in [0.1, 0.15) is 25.3 Å². The zero-order valence-electron chi connectivity index (χ0n) is 9.24. The van der Waals surface area contributed by atoms with Gasteiger partial charge in [-0.1, -0.05) is 12.1 Å². The zero-order valence-corrected chi connectivity index (χ0v) is 9.24. The fourth-order valence-corrected chi connectivity index (χ4v) is 1.28. The first-order valence-corrected chi connectivity index (χ1v) is 5.27. The minimum absolute atomic E-state index is 0.134. The van der Waals surface area contributed by atoms with Gasteiger partial charge in [0.2, 0.25) is 5.91 Å². The molecule has 0 aliphatic rings. The number of carbonyl (C=O) groups excluding carboxylic acids is 1. The predicted molar refractivity (Wildman–Crippen MR) is 59.2 cm³/mol. The van der Waals surface area contributed by atoms with Gasteiger partial charge in [-0.25, -0.2) is 4.39 Å². The van der Waals surface area contributed by atoms with Crippen molar-refractivity contribution in [2.24, 2.45) is 0 Å². The van der Waals surface area contributed by atoms with E-state index in [1.165, 1.54) is 12.1 Å². The molecule has 0 bridgehead atoms. The van der Waals surface area contributed by atoms with Crippen molar-refractivity contribution in [3.05, 3.63) is 35.6 Å². The first kappa shape index (κ1) is 12.6. The normalized spacial score (nSPS) is 12.2. The van der Waals surface area contributed by atoms with Crippen molar-refractivity contribution >= 4 is 5.91 Å². The van der Waals surface area contributed by atoms with E-state index in [4.69, 9.17) is 5.11 Å². The summed E-state index contributed by atoms with van der Waals surface area (Å²) in [6, 6.07) is 6.10. The molecule has 0 fully saturated rings. The third kappa shape index (κ3) is 4.89. The molecule has 1 rings (SSSR count). The second-order valence-corrected chi connectivity index (χ2v) is 3.79. The maximum Gasteiger partial charge on any atom is 0.220 e. The summed E-state index contributed by atoms with van der Waals surface area (Å²) >= 11 is 0. The largest absolute Gasteiger partial charge is 0.393 e. The third-order valence-corrected chi connectivity index (χ3v) is 2.17. The fraction of sp³-hybridized carbons (Fsp3) is 0.417. The van der Waals surface area contributed by atoms with Crippen LogP contribution >= 0.6 is 0 Å². The summed E-state index contributed by atoms with van der Waals surface area (Å²) in [5.41, 5.74) is 0.727. The highest BCUT2D eigenvalue weighted by atomic mass is 19.1. The number of hydrogen-bond donors (Lipinski definition) is 2. The Morgan fingerprint density at radius 2 is 2.31 bits per heavy atom. The van der Waals surface area contributed by atoms with Gasteiger partial charge in [-0.2, -0.15) is 0 Å². The van der Waals surface area contributed by atoms with E-state index in [1.54, 1.807) is 19.1 Å². The van der Waals surface area contributed by atoms with Crippen molar-refractivity contribution < 1.29 is 14.3 Å². The van der Waals surface area contributed by atoms with E-state index in [-0.39, 0.29) is 18.1 Å². The van der Waals surface area contributed by atoms with Crippen molar-refractivity contribution in [1.82, 2.24) is 5.32 Å². The molecule has 0 radical (unpaired) electrons. The lowest BCUT2D eigenvalue weighted by molar-refractivity contribution is -0.121. The average Bonchev–Trinajstić information content (AvgIpc) is 2.23. The van der Waals surface area contributed by atoms with Crippen molar-refractivity contribution in [2.45, 2.75) is 32.4 Å². The highest BCUT2D eigenvalue weighted by Gasteiger charge is 2.04. The first-order valence-electron chi connectivity index (χ1n) is 5.27. The molecule has 2 N–H and O–H groups in total. The number of carbonyl (C=O) groups is 1. The van der Waals surface area contributed by atoms with Crippen molar-refractivity contribution in [2.75, 3.05) is 0 Å². The van der Waals surface area contributed by atoms with Crippen molar-refractivity contribution in [3.63, 3.8) is 0 Å². The van der Waals surface area contributed by atoms with Gasteiger partial charge in [0.05, 0.1) is 6.10 Å². The second-order valence-electron chi connectivity index (χ2n) is 3.79. The van der Waals surface area contributed by atoms with E-state index >= 15 is 0 Å². The Hall–Kier alpha value is -1.42. The van der Waals surface area contributed by atoms with Crippen LogP contribution in [0, 0.1) is 5.82 Å². The maximum absolute atomic E-state index is 12.8. The molecule has 1 unspecified atom stereocenters. The van der Waals surface area contributed by atoms with E-state index < -0.39 is 6.10 Å². The molecule has 0 aromatic heterocycles. The quantitative estimate of drug-likeness (QED) is 0.799. The van der Waals surface area contributed by atoms with Crippen LogP contribution in [0.5, 0.6) is 0 Å². The number of nitrogens with one attached hydrogen (secondary N) is 1. The Labute approximate surface area is 94.3 Å². The van der Waals surface area contributed by atoms with Gasteiger partial charge in [-0.15, -0.1) is 0 Å². The topological polar surface area (TPSA) is 49.3 Å². The van der Waals surface area contributed by atoms with Gasteiger partial charge in [0.15, 0.2) is 0 Å². The van der Waals surface area contributed by atoms with Crippen molar-refractivity contribution in [1.29, 1.82) is 0 Å². The number of hydrogen-bond acceptors (Lipinski definition) is 2. The predicted octanol–water partition coefficient (Wildman–Crippen LogP) is 1.60. The van der Waals surface area contributed by atoms with Crippen LogP contribution in [0.4, 0.5) is 4.39 Å². The molecule has 88 valence electrons. The smallest absolute Gasteiger partial charge is 0.220 e. The van der Waals surface area contributed by atoms with E-state index in [1.807, 2.05) is 0 Å². The molecule has 1 amide bonds. The number of halogens is 1. The van der Waals surface area contributed by atoms with Crippen LogP contribution in [-0.2, 0) is 11.3 Å². The molecular formula is C12H16FNO2. The standard InChI is InChI=1S/C12H16FNO2/c1-9(15)5-6-12(16)14-8-10-3-2-4-11(13)7-10/h2-4,7,9,15H,5-6,8H2,1H3,(H,14,16). The minimum Gasteiger partial charge on any atom is -0.393 e. The molecule has 0 heterocycles. The van der Waals surface area contributed by atoms with Gasteiger partial charge in [0, 0.05) is 13.0 Å². The van der Waals surface area contributed by atoms with Crippen LogP contribution in [0.3, 0.4) is 0 Å². The second kappa shape index (κ2) is 6.23. The summed E-state index contributed by atoms with van der Waals surface area (Å²) in [6.07, 6.45) is 0.252. The minimum atomic E-state index is -0.472. The molecule has 0 saturated carbocycles. The first-order chi connectivity index (χ1) is 7.58. The van der Waals surface area contributed by atoms with Gasteiger partial charge >= 0.3 is 0 Å². The Morgan fingerprint density at radius 3 is 2.94 bits per heavy atom. The lowest BCUT2D eigenvalue weighted by Crippen LogP contribution is -2.23. The van der Waals surface area contributed by atoms with Gasteiger partial charge in [-0.3, -0.25) is 4.79 Å². The fourth-order valence-electron chi connectivity index (χ4n) is 1.28. The van der Waals surface area contributed by atoms with Gasteiger partial charge in [0.25, 0.3) is 0 Å². The number of aliphatic hydroxyl groups excluding tert-OH is 1. The van der Waals surface area contributed by atoms with Crippen molar-refractivity contribution in [3.8, 4) is 0 Å². The van der Waals surface area contributed by atoms with E-state index in [2.05, 4.69) is 5.32 Å². The van der Waals surface area contributed by atoms with Crippen LogP contribution < -0.4 is 5.32 Å². The summed E-state index contributed by atoms with van der Waals surface area (Å²) in [5, 5.41) is 11.7. The molecule has 16 heavy (non-hydrogen) atoms. The highest BCUT2D eigenvalue weighted by Crippen LogP contribution is 2.03. The number of amides is 1. The van der Waals surface area contributed by atoms with E-state index in [9.17, 15) is 9.18 Å². The molecule has 0 aliphatic carbocycles. The molecule has 0 spiro atoms. The summed E-state index contributed by atoms with van der Waals surface area (Å²) in [7, 11) is 0. The van der Waals surface area contributed by atoms with Crippen LogP contribution in [-0.4, -0.2) is 17.1 Å². The highest BCUT2D eigenvalue weighted by molar-refractivity contribution is 5.75. The van der Waals surface area contributed by atoms with E-state index in [0.717, 1.165) is 5.56 Å². The molecule has 0 aliphatic heterocycles. The van der Waals surface area contributed by atoms with E-state index in [0.29, 0.717) is 13.0 Å². The van der Waals surface area contributed by atoms with Crippen LogP contribution in [0.15, 0.2) is 24.3 Å². The number of rotatable bonds is 5. The molecule has 0 saturated heterocycles. The Morgan fingerprint density at radius 1 is 1.56 bits per heavy atom. The molecule has 1 atom stereocenters. The lowest BCUT2D eigenvalue weighted by atomic mass is 10.2. The lowest BCUT2D eigenvalue weighted by Gasteiger charge is -2.06. The molecule has 1 aromatic rings. The van der Waals surface area contributed by atoms with Crippen LogP contribution in [0.2, 0.25) is 0 Å².